The number of nitrogens with one attached hydrogen (secondary N) is 5. The van der Waals surface area contributed by atoms with Crippen molar-refractivity contribution in [3.05, 3.63) is 190 Å². The number of ether oxygens (including phenoxy) is 2. The number of aromatic nitrogens is 4. The fraction of sp³-hybridized carbons (Fsp3) is 0.273. The van der Waals surface area contributed by atoms with E-state index in [1.54, 1.807) is 55.1 Å². The molecule has 87 heavy (non-hydrogen) atoms. The molecule has 3 amide bonds. The summed E-state index contributed by atoms with van der Waals surface area (Å²) in [7, 11) is 4.30. The molecule has 2 aromatic heterocycles. The first-order valence-electron chi connectivity index (χ1n) is 28.5. The number of carbonyl (C=O) groups excluding carboxylic acids is 4. The lowest BCUT2D eigenvalue weighted by atomic mass is 10.1. The van der Waals surface area contributed by atoms with Crippen LogP contribution in [-0.2, 0) is 0 Å². The summed E-state index contributed by atoms with van der Waals surface area (Å²) in [4.78, 5) is 75.5. The number of nitrogen functional groups attached to an aromatic ring is 1. The molecular formula is C66H75ClN14O6. The van der Waals surface area contributed by atoms with Crippen LogP contribution < -0.4 is 51.6 Å². The molecule has 2 fully saturated rings. The van der Waals surface area contributed by atoms with Gasteiger partial charge in [0.05, 0.1) is 36.2 Å². The number of aryl methyl sites for hydroxylation is 8. The van der Waals surface area contributed by atoms with Gasteiger partial charge in [-0.3, -0.25) is 14.9 Å². The summed E-state index contributed by atoms with van der Waals surface area (Å²) >= 11 is 5.13. The highest BCUT2D eigenvalue weighted by Crippen LogP contribution is 2.28. The normalized spacial score (nSPS) is 13.2. The highest BCUT2D eigenvalue weighted by atomic mass is 35.5. The fourth-order valence-corrected chi connectivity index (χ4v) is 10.1. The fourth-order valence-electron chi connectivity index (χ4n) is 10.0. The highest BCUT2D eigenvalue weighted by Gasteiger charge is 2.19. The second kappa shape index (κ2) is 29.5. The summed E-state index contributed by atoms with van der Waals surface area (Å²) in [6, 6.07) is 34.6. The van der Waals surface area contributed by atoms with Crippen molar-refractivity contribution in [1.82, 2.24) is 29.7 Å². The number of piperazine rings is 2. The molecule has 8 aromatic rings. The summed E-state index contributed by atoms with van der Waals surface area (Å²) < 4.78 is 10.4. The highest BCUT2D eigenvalue weighted by molar-refractivity contribution is 6.61. The van der Waals surface area contributed by atoms with Crippen LogP contribution in [0.15, 0.2) is 134 Å². The van der Waals surface area contributed by atoms with E-state index >= 15 is 0 Å². The third kappa shape index (κ3) is 18.2. The smallest absolute Gasteiger partial charge is 0.414 e. The monoisotopic (exact) mass is 1190 g/mol. The van der Waals surface area contributed by atoms with Crippen molar-refractivity contribution >= 4 is 92.3 Å². The summed E-state index contributed by atoms with van der Waals surface area (Å²) in [6.07, 6.45) is 5.62. The van der Waals surface area contributed by atoms with Gasteiger partial charge < -0.3 is 56.1 Å². The van der Waals surface area contributed by atoms with Crippen LogP contribution in [0, 0.1) is 55.4 Å². The summed E-state index contributed by atoms with van der Waals surface area (Å²) in [6.45, 7) is 23.6. The Balaban J connectivity index is 0.000000193. The van der Waals surface area contributed by atoms with Crippen LogP contribution in [0.2, 0.25) is 0 Å². The van der Waals surface area contributed by atoms with Crippen molar-refractivity contribution in [1.29, 1.82) is 0 Å². The number of hydrogen-bond acceptors (Lipinski definition) is 17. The number of halogens is 1. The van der Waals surface area contributed by atoms with Gasteiger partial charge in [0.1, 0.15) is 11.5 Å². The van der Waals surface area contributed by atoms with Crippen molar-refractivity contribution in [2.75, 3.05) is 109 Å². The molecule has 0 atom stereocenters. The SMILES string of the molecule is Cc1cc(C)c(OC(=O)Cl)c(C)c1.Cc1cc(C)c(OC(=O)Nc2ccc(C)c(C(=O)Nc3cnc(Nc4ccc(N5CCN(C)CC5)cc4)nc3)c2)c(C)c1.Cc1ccc(N)cc1C(=O)Nc1cnc(Nc2ccc(N3CCN(C)CC3)cc2)nc1. The van der Waals surface area contributed by atoms with E-state index in [0.29, 0.717) is 57.3 Å². The topological polar surface area (TPSA) is 237 Å². The Labute approximate surface area is 513 Å². The average molecular weight is 1200 g/mol. The van der Waals surface area contributed by atoms with E-state index in [1.807, 2.05) is 110 Å². The van der Waals surface area contributed by atoms with Gasteiger partial charge in [-0.15, -0.1) is 0 Å². The maximum atomic E-state index is 13.1. The van der Waals surface area contributed by atoms with Crippen LogP contribution >= 0.6 is 11.6 Å². The molecule has 452 valence electrons. The molecule has 6 aromatic carbocycles. The van der Waals surface area contributed by atoms with Gasteiger partial charge in [-0.05, 0) is 176 Å². The Morgan fingerprint density at radius 1 is 0.437 bits per heavy atom. The molecule has 20 nitrogen and oxygen atoms in total. The van der Waals surface area contributed by atoms with Crippen LogP contribution in [0.3, 0.4) is 0 Å². The number of carbonyl (C=O) groups is 4. The summed E-state index contributed by atoms with van der Waals surface area (Å²) in [5.41, 5.74) is 19.5. The van der Waals surface area contributed by atoms with Crippen molar-refractivity contribution in [2.24, 2.45) is 0 Å². The van der Waals surface area contributed by atoms with Crippen LogP contribution in [0.25, 0.3) is 0 Å². The predicted octanol–water partition coefficient (Wildman–Crippen LogP) is 12.5. The first-order chi connectivity index (χ1) is 41.6. The summed E-state index contributed by atoms with van der Waals surface area (Å²) in [5, 5.41) is 14.8. The number of nitrogens with two attached hydrogens (primary N) is 1. The van der Waals surface area contributed by atoms with E-state index in [1.165, 1.54) is 11.4 Å². The second-order valence-corrected chi connectivity index (χ2v) is 22.1. The zero-order chi connectivity index (χ0) is 62.3. The van der Waals surface area contributed by atoms with E-state index in [4.69, 9.17) is 26.8 Å². The van der Waals surface area contributed by atoms with Crippen molar-refractivity contribution in [2.45, 2.75) is 55.4 Å². The number of hydrogen-bond donors (Lipinski definition) is 6. The summed E-state index contributed by atoms with van der Waals surface area (Å²) in [5.74, 6) is 1.38. The number of rotatable bonds is 13. The van der Waals surface area contributed by atoms with Crippen LogP contribution in [-0.4, -0.2) is 120 Å². The Bertz CT molecular complexity index is 3660. The number of likely N-dealkylation sites (N-methyl/N-ethyl adjacent to an activating group) is 2. The van der Waals surface area contributed by atoms with Gasteiger partial charge in [-0.2, -0.15) is 0 Å². The molecule has 0 unspecified atom stereocenters. The van der Waals surface area contributed by atoms with Gasteiger partial charge >= 0.3 is 11.5 Å². The first-order valence-corrected chi connectivity index (χ1v) is 28.9. The average Bonchev–Trinajstić information content (AvgIpc) is 3.68. The molecule has 4 heterocycles. The van der Waals surface area contributed by atoms with Gasteiger partial charge in [-0.1, -0.05) is 47.5 Å². The Hall–Kier alpha value is -9.63. The molecule has 10 rings (SSSR count). The van der Waals surface area contributed by atoms with Crippen molar-refractivity contribution in [3.8, 4) is 11.5 Å². The van der Waals surface area contributed by atoms with Crippen molar-refractivity contribution < 1.29 is 28.7 Å². The van der Waals surface area contributed by atoms with Gasteiger partial charge in [0.25, 0.3) is 11.8 Å². The molecule has 0 spiro atoms. The molecule has 7 N–H and O–H groups in total. The van der Waals surface area contributed by atoms with Gasteiger partial charge in [0.2, 0.25) is 11.9 Å². The minimum absolute atomic E-state index is 0.242. The third-order valence-electron chi connectivity index (χ3n) is 14.6. The van der Waals surface area contributed by atoms with E-state index < -0.39 is 11.5 Å². The second-order valence-electron chi connectivity index (χ2n) is 21.8. The Morgan fingerprint density at radius 3 is 1.21 bits per heavy atom. The minimum Gasteiger partial charge on any atom is -0.414 e. The molecule has 0 bridgehead atoms. The van der Waals surface area contributed by atoms with Crippen LogP contribution in [0.5, 0.6) is 11.5 Å². The molecule has 2 saturated heterocycles. The Morgan fingerprint density at radius 2 is 0.805 bits per heavy atom. The quantitative estimate of drug-likeness (QED) is 0.0465. The first kappa shape index (κ1) is 63.4. The van der Waals surface area contributed by atoms with Gasteiger partial charge in [0, 0.05) is 109 Å². The number of benzene rings is 6. The zero-order valence-electron chi connectivity index (χ0n) is 50.8. The zero-order valence-corrected chi connectivity index (χ0v) is 51.6. The lowest BCUT2D eigenvalue weighted by Gasteiger charge is -2.34. The van der Waals surface area contributed by atoms with Crippen molar-refractivity contribution in [3.63, 3.8) is 0 Å². The predicted molar refractivity (Wildman–Crippen MR) is 348 cm³/mol. The molecule has 2 aliphatic rings. The largest absolute Gasteiger partial charge is 0.417 e. The molecule has 0 saturated carbocycles. The van der Waals surface area contributed by atoms with E-state index in [-0.39, 0.29) is 11.8 Å². The van der Waals surface area contributed by atoms with Gasteiger partial charge in [-0.25, -0.2) is 29.5 Å². The lowest BCUT2D eigenvalue weighted by Crippen LogP contribution is -2.44. The Kier molecular flexibility index (Phi) is 21.5. The minimum atomic E-state index is -0.796. The van der Waals surface area contributed by atoms with E-state index in [2.05, 4.69) is 104 Å². The standard InChI is InChI=1S/C33H37N7O3.C23H27N7O.C10H11ClO2/c1-21-16-23(3)30(24(4)17-21)43-33(42)38-26-7-6-22(2)29(18-26)31(41)36-27-19-34-32(35-20-27)37-25-8-10-28(11-9-25)40-14-12-39(5)13-15-40;1-16-3-4-17(24)13-21(16)22(31)27-19-14-25-23(26-15-19)28-18-5-7-20(8-6-18)30-11-9-29(2)10-12-30;1-6-4-7(2)9(8(3)5-6)13-10(11)12/h6-11,16-20H,12-15H2,1-5H3,(H,36,41)(H,38,42)(H,34,35,37);3-8,13-15H,9-12,24H2,1-2H3,(H,27,31)(H,25,26,28);4-5H,1-3H3. The maximum Gasteiger partial charge on any atom is 0.417 e. The van der Waals surface area contributed by atoms with Crippen LogP contribution in [0.4, 0.5) is 67.0 Å². The number of amides is 3. The molecular weight excluding hydrogens is 1120 g/mol. The molecule has 0 radical (unpaired) electrons. The molecule has 21 heteroatoms. The van der Waals surface area contributed by atoms with Crippen LogP contribution in [0.1, 0.15) is 65.2 Å². The van der Waals surface area contributed by atoms with E-state index in [9.17, 15) is 19.2 Å². The molecule has 2 aliphatic heterocycles. The lowest BCUT2D eigenvalue weighted by molar-refractivity contribution is 0.101. The number of nitrogens with zero attached hydrogens (tertiary/aromatic N) is 8. The maximum absolute atomic E-state index is 13.1. The van der Waals surface area contributed by atoms with E-state index in [0.717, 1.165) is 108 Å². The number of anilines is 10. The third-order valence-corrected chi connectivity index (χ3v) is 14.7. The van der Waals surface area contributed by atoms with Gasteiger partial charge in [0.15, 0.2) is 0 Å². The molecule has 0 aliphatic carbocycles.